The van der Waals surface area contributed by atoms with Crippen LogP contribution in [0.2, 0.25) is 0 Å². The topological polar surface area (TPSA) is 67.5 Å². The normalized spacial score (nSPS) is 10.8. The fourth-order valence-electron chi connectivity index (χ4n) is 1.10. The van der Waals surface area contributed by atoms with Gasteiger partial charge in [-0.3, -0.25) is 0 Å². The molecule has 0 aliphatic carbocycles. The first-order valence-electron chi connectivity index (χ1n) is 5.19. The summed E-state index contributed by atoms with van der Waals surface area (Å²) in [5, 5.41) is 11.6. The highest BCUT2D eigenvalue weighted by Crippen LogP contribution is 2.03. The molecule has 0 aliphatic rings. The number of ether oxygens (including phenoxy) is 1. The Balaban J connectivity index is 2.04. The minimum Gasteiger partial charge on any atom is -0.444 e. The summed E-state index contributed by atoms with van der Waals surface area (Å²) in [7, 11) is 0. The third-order valence-electron chi connectivity index (χ3n) is 1.88. The highest BCUT2D eigenvalue weighted by molar-refractivity contribution is 4.93. The van der Waals surface area contributed by atoms with E-state index in [0.717, 1.165) is 18.7 Å². The molecule has 0 aliphatic heterocycles. The molecule has 1 aromatic heterocycles. The Morgan fingerprint density at radius 1 is 1.53 bits per heavy atom. The van der Waals surface area contributed by atoms with Crippen molar-refractivity contribution >= 4 is 0 Å². The summed E-state index contributed by atoms with van der Waals surface area (Å²) in [5.74, 6) is 1.61. The van der Waals surface area contributed by atoms with Crippen molar-refractivity contribution in [2.45, 2.75) is 19.9 Å². The van der Waals surface area contributed by atoms with Crippen LogP contribution in [0.15, 0.2) is 10.6 Å². The number of aliphatic hydroxyl groups is 1. The van der Waals surface area contributed by atoms with Crippen molar-refractivity contribution in [2.24, 2.45) is 0 Å². The van der Waals surface area contributed by atoms with Gasteiger partial charge in [-0.25, -0.2) is 4.98 Å². The van der Waals surface area contributed by atoms with Crippen molar-refractivity contribution in [1.82, 2.24) is 10.3 Å². The second kappa shape index (κ2) is 7.39. The zero-order chi connectivity index (χ0) is 10.9. The predicted molar refractivity (Wildman–Crippen MR) is 55.5 cm³/mol. The average Bonchev–Trinajstić information content (AvgIpc) is 2.71. The van der Waals surface area contributed by atoms with E-state index in [1.165, 1.54) is 0 Å². The number of nitrogens with zero attached hydrogens (tertiary/aromatic N) is 1. The van der Waals surface area contributed by atoms with Crippen LogP contribution in [-0.4, -0.2) is 36.5 Å². The van der Waals surface area contributed by atoms with Crippen molar-refractivity contribution < 1.29 is 14.3 Å². The first-order valence-corrected chi connectivity index (χ1v) is 5.19. The predicted octanol–water partition coefficient (Wildman–Crippen LogP) is 0.335. The summed E-state index contributed by atoms with van der Waals surface area (Å²) in [6.07, 6.45) is 2.62. The van der Waals surface area contributed by atoms with Crippen molar-refractivity contribution in [3.8, 4) is 0 Å². The fourth-order valence-corrected chi connectivity index (χ4v) is 1.10. The Kier molecular flexibility index (Phi) is 5.99. The summed E-state index contributed by atoms with van der Waals surface area (Å²) >= 11 is 0. The van der Waals surface area contributed by atoms with Gasteiger partial charge in [0.1, 0.15) is 5.76 Å². The van der Waals surface area contributed by atoms with E-state index in [1.807, 2.05) is 6.92 Å². The molecule has 1 rings (SSSR count). The van der Waals surface area contributed by atoms with Gasteiger partial charge in [-0.15, -0.1) is 0 Å². The lowest BCUT2D eigenvalue weighted by atomic mass is 10.4. The van der Waals surface area contributed by atoms with Gasteiger partial charge in [0, 0.05) is 13.0 Å². The van der Waals surface area contributed by atoms with Crippen LogP contribution in [-0.2, 0) is 17.7 Å². The molecule has 86 valence electrons. The summed E-state index contributed by atoms with van der Waals surface area (Å²) in [6.45, 7) is 4.41. The van der Waals surface area contributed by atoms with Crippen LogP contribution in [0.4, 0.5) is 0 Å². The fraction of sp³-hybridized carbons (Fsp3) is 0.700. The van der Waals surface area contributed by atoms with Gasteiger partial charge >= 0.3 is 0 Å². The molecule has 1 aromatic rings. The molecule has 0 spiro atoms. The van der Waals surface area contributed by atoms with E-state index in [4.69, 9.17) is 14.3 Å². The van der Waals surface area contributed by atoms with E-state index in [2.05, 4.69) is 10.3 Å². The lowest BCUT2D eigenvalue weighted by Gasteiger charge is -2.02. The number of aryl methyl sites for hydroxylation is 1. The third kappa shape index (κ3) is 4.92. The van der Waals surface area contributed by atoms with Crippen LogP contribution < -0.4 is 5.32 Å². The maximum absolute atomic E-state index is 8.46. The quantitative estimate of drug-likeness (QED) is 0.611. The Bertz CT molecular complexity index is 263. The van der Waals surface area contributed by atoms with Gasteiger partial charge in [0.2, 0.25) is 5.89 Å². The van der Waals surface area contributed by atoms with Crippen molar-refractivity contribution in [1.29, 1.82) is 0 Å². The number of aliphatic hydroxyl groups excluding tert-OH is 1. The van der Waals surface area contributed by atoms with Crippen molar-refractivity contribution in [3.05, 3.63) is 17.8 Å². The number of rotatable bonds is 8. The molecule has 0 aromatic carbocycles. The molecular weight excluding hydrogens is 196 g/mol. The molecule has 0 unspecified atom stereocenters. The number of aromatic nitrogens is 1. The average molecular weight is 214 g/mol. The van der Waals surface area contributed by atoms with Gasteiger partial charge in [-0.2, -0.15) is 0 Å². The molecule has 0 radical (unpaired) electrons. The number of oxazole rings is 1. The Morgan fingerprint density at radius 3 is 3.07 bits per heavy atom. The summed E-state index contributed by atoms with van der Waals surface area (Å²) in [6, 6.07) is 0. The Morgan fingerprint density at radius 2 is 2.40 bits per heavy atom. The highest BCUT2D eigenvalue weighted by atomic mass is 16.5. The molecule has 0 amide bonds. The van der Waals surface area contributed by atoms with Gasteiger partial charge in [-0.1, -0.05) is 6.92 Å². The van der Waals surface area contributed by atoms with Gasteiger partial charge in [0.25, 0.3) is 0 Å². The minimum atomic E-state index is 0.0690. The smallest absolute Gasteiger partial charge is 0.208 e. The van der Waals surface area contributed by atoms with E-state index in [9.17, 15) is 0 Å². The monoisotopic (exact) mass is 214 g/mol. The molecule has 0 saturated carbocycles. The molecule has 5 heteroatoms. The Hall–Kier alpha value is -0.910. The Labute approximate surface area is 89.5 Å². The van der Waals surface area contributed by atoms with E-state index < -0.39 is 0 Å². The molecule has 1 heterocycles. The van der Waals surface area contributed by atoms with Gasteiger partial charge in [0.15, 0.2) is 0 Å². The number of hydrogen-bond acceptors (Lipinski definition) is 5. The lowest BCUT2D eigenvalue weighted by Crippen LogP contribution is -2.20. The molecule has 0 saturated heterocycles. The molecular formula is C10H18N2O3. The zero-order valence-electron chi connectivity index (χ0n) is 9.03. The SMILES string of the molecule is CCc1cnc(CNCCOCCO)o1. The van der Waals surface area contributed by atoms with E-state index >= 15 is 0 Å². The van der Waals surface area contributed by atoms with Crippen LogP contribution >= 0.6 is 0 Å². The first-order chi connectivity index (χ1) is 7.36. The number of nitrogens with one attached hydrogen (secondary N) is 1. The second-order valence-electron chi connectivity index (χ2n) is 3.09. The molecule has 0 bridgehead atoms. The lowest BCUT2D eigenvalue weighted by molar-refractivity contribution is 0.0935. The first kappa shape index (κ1) is 12.2. The van der Waals surface area contributed by atoms with Crippen LogP contribution in [0.25, 0.3) is 0 Å². The summed E-state index contributed by atoms with van der Waals surface area (Å²) < 4.78 is 10.5. The van der Waals surface area contributed by atoms with Crippen LogP contribution in [0.1, 0.15) is 18.6 Å². The molecule has 2 N–H and O–H groups in total. The van der Waals surface area contributed by atoms with Gasteiger partial charge < -0.3 is 19.6 Å². The molecule has 5 nitrogen and oxygen atoms in total. The molecule has 0 fully saturated rings. The standard InChI is InChI=1S/C10H18N2O3/c1-2-9-7-12-10(15-9)8-11-3-5-14-6-4-13/h7,11,13H,2-6,8H2,1H3. The largest absolute Gasteiger partial charge is 0.444 e. The van der Waals surface area contributed by atoms with E-state index in [1.54, 1.807) is 6.20 Å². The summed E-state index contributed by atoms with van der Waals surface area (Å²) in [4.78, 5) is 4.11. The second-order valence-corrected chi connectivity index (χ2v) is 3.09. The van der Waals surface area contributed by atoms with Crippen molar-refractivity contribution in [3.63, 3.8) is 0 Å². The maximum atomic E-state index is 8.46. The number of hydrogen-bond donors (Lipinski definition) is 2. The molecule has 0 atom stereocenters. The van der Waals surface area contributed by atoms with Gasteiger partial charge in [0.05, 0.1) is 32.6 Å². The van der Waals surface area contributed by atoms with E-state index in [-0.39, 0.29) is 6.61 Å². The minimum absolute atomic E-state index is 0.0690. The van der Waals surface area contributed by atoms with Crippen LogP contribution in [0.3, 0.4) is 0 Å². The van der Waals surface area contributed by atoms with Crippen molar-refractivity contribution in [2.75, 3.05) is 26.4 Å². The van der Waals surface area contributed by atoms with E-state index in [0.29, 0.717) is 25.6 Å². The molecule has 15 heavy (non-hydrogen) atoms. The van der Waals surface area contributed by atoms with Crippen LogP contribution in [0.5, 0.6) is 0 Å². The third-order valence-corrected chi connectivity index (χ3v) is 1.88. The maximum Gasteiger partial charge on any atom is 0.208 e. The highest BCUT2D eigenvalue weighted by Gasteiger charge is 2.00. The van der Waals surface area contributed by atoms with Gasteiger partial charge in [-0.05, 0) is 0 Å². The van der Waals surface area contributed by atoms with Crippen LogP contribution in [0, 0.1) is 0 Å². The summed E-state index contributed by atoms with van der Waals surface area (Å²) in [5.41, 5.74) is 0. The zero-order valence-corrected chi connectivity index (χ0v) is 9.03.